The van der Waals surface area contributed by atoms with Crippen molar-refractivity contribution in [2.75, 3.05) is 13.1 Å². The third-order valence-corrected chi connectivity index (χ3v) is 3.74. The van der Waals surface area contributed by atoms with Crippen molar-refractivity contribution in [3.63, 3.8) is 0 Å². The molecule has 2 unspecified atom stereocenters. The number of benzene rings is 1. The maximum absolute atomic E-state index is 6.22. The average molecular weight is 244 g/mol. The van der Waals surface area contributed by atoms with E-state index in [-0.39, 0.29) is 6.04 Å². The van der Waals surface area contributed by atoms with E-state index in [9.17, 15) is 0 Å². The highest BCUT2D eigenvalue weighted by molar-refractivity contribution is 5.26. The molecule has 2 N–H and O–H groups in total. The lowest BCUT2D eigenvalue weighted by Crippen LogP contribution is -2.41. The smallest absolute Gasteiger partial charge is 0.0499 e. The second-order valence-corrected chi connectivity index (χ2v) is 5.51. The number of rotatable bonds is 3. The molecule has 0 saturated heterocycles. The van der Waals surface area contributed by atoms with E-state index in [1.165, 1.54) is 16.7 Å². The molecule has 0 radical (unpaired) electrons. The quantitative estimate of drug-likeness (QED) is 0.828. The van der Waals surface area contributed by atoms with Crippen LogP contribution in [0.2, 0.25) is 0 Å². The van der Waals surface area contributed by atoms with Crippen molar-refractivity contribution in [3.05, 3.63) is 47.0 Å². The Hall–Kier alpha value is -1.12. The first-order chi connectivity index (χ1) is 8.58. The van der Waals surface area contributed by atoms with Crippen LogP contribution in [0.3, 0.4) is 0 Å². The lowest BCUT2D eigenvalue weighted by molar-refractivity contribution is 0.190. The summed E-state index contributed by atoms with van der Waals surface area (Å²) in [6, 6.07) is 9.21. The largest absolute Gasteiger partial charge is 0.326 e. The summed E-state index contributed by atoms with van der Waals surface area (Å²) in [5.41, 5.74) is 10.4. The van der Waals surface area contributed by atoms with Gasteiger partial charge in [0, 0.05) is 25.2 Å². The van der Waals surface area contributed by atoms with E-state index in [4.69, 9.17) is 5.73 Å². The number of aryl methyl sites for hydroxylation is 1. The Labute approximate surface area is 110 Å². The summed E-state index contributed by atoms with van der Waals surface area (Å²) in [6.07, 6.45) is 3.49. The third-order valence-electron chi connectivity index (χ3n) is 3.74. The number of nitrogens with zero attached hydrogens (tertiary/aromatic N) is 1. The average Bonchev–Trinajstić information content (AvgIpc) is 2.32. The summed E-state index contributed by atoms with van der Waals surface area (Å²) in [5, 5.41) is 0. The summed E-state index contributed by atoms with van der Waals surface area (Å²) in [4.78, 5) is 2.49. The van der Waals surface area contributed by atoms with Gasteiger partial charge in [-0.05, 0) is 32.8 Å². The molecule has 0 saturated carbocycles. The summed E-state index contributed by atoms with van der Waals surface area (Å²) >= 11 is 0. The van der Waals surface area contributed by atoms with Crippen LogP contribution < -0.4 is 5.73 Å². The normalized spacial score (nSPS) is 20.3. The van der Waals surface area contributed by atoms with Gasteiger partial charge in [0.25, 0.3) is 0 Å². The Morgan fingerprint density at radius 1 is 1.28 bits per heavy atom. The first-order valence-electron chi connectivity index (χ1n) is 6.80. The van der Waals surface area contributed by atoms with E-state index in [0.29, 0.717) is 6.04 Å². The molecular weight excluding hydrogens is 220 g/mol. The summed E-state index contributed by atoms with van der Waals surface area (Å²) in [7, 11) is 0. The van der Waals surface area contributed by atoms with Gasteiger partial charge in [0.1, 0.15) is 0 Å². The number of hydrogen-bond acceptors (Lipinski definition) is 2. The summed E-state index contributed by atoms with van der Waals surface area (Å²) in [5.74, 6) is 0. The lowest BCUT2D eigenvalue weighted by Gasteiger charge is -2.36. The highest BCUT2D eigenvalue weighted by Gasteiger charge is 2.24. The van der Waals surface area contributed by atoms with Crippen LogP contribution >= 0.6 is 0 Å². The molecule has 2 heteroatoms. The minimum atomic E-state index is 0.151. The Kier molecular flexibility index (Phi) is 4.20. The van der Waals surface area contributed by atoms with E-state index >= 15 is 0 Å². The molecule has 1 heterocycles. The second kappa shape index (κ2) is 5.68. The molecule has 0 spiro atoms. The van der Waals surface area contributed by atoms with Gasteiger partial charge in [0.2, 0.25) is 0 Å². The molecule has 0 bridgehead atoms. The Balaban J connectivity index is 2.24. The first kappa shape index (κ1) is 13.3. The highest BCUT2D eigenvalue weighted by atomic mass is 15.2. The predicted octanol–water partition coefficient (Wildman–Crippen LogP) is 3.04. The van der Waals surface area contributed by atoms with Crippen molar-refractivity contribution < 1.29 is 0 Å². The van der Waals surface area contributed by atoms with Gasteiger partial charge in [0.15, 0.2) is 0 Å². The van der Waals surface area contributed by atoms with Crippen molar-refractivity contribution in [2.24, 2.45) is 5.73 Å². The first-order valence-corrected chi connectivity index (χ1v) is 6.80. The molecule has 18 heavy (non-hydrogen) atoms. The molecule has 1 aliphatic rings. The fraction of sp³-hybridized carbons (Fsp3) is 0.500. The number of hydrogen-bond donors (Lipinski definition) is 1. The molecule has 0 aliphatic carbocycles. The zero-order valence-electron chi connectivity index (χ0n) is 11.7. The van der Waals surface area contributed by atoms with Gasteiger partial charge in [-0.2, -0.15) is 0 Å². The van der Waals surface area contributed by atoms with Crippen LogP contribution in [0.15, 0.2) is 35.9 Å². The third kappa shape index (κ3) is 3.01. The van der Waals surface area contributed by atoms with Crippen molar-refractivity contribution >= 4 is 0 Å². The lowest BCUT2D eigenvalue weighted by atomic mass is 9.96. The molecule has 2 rings (SSSR count). The maximum atomic E-state index is 6.22. The summed E-state index contributed by atoms with van der Waals surface area (Å²) in [6.45, 7) is 8.60. The van der Waals surface area contributed by atoms with Crippen LogP contribution in [0.4, 0.5) is 0 Å². The van der Waals surface area contributed by atoms with Gasteiger partial charge in [-0.25, -0.2) is 0 Å². The fourth-order valence-corrected chi connectivity index (χ4v) is 2.74. The molecular formula is C16H24N2. The molecule has 0 aromatic heterocycles. The SMILES string of the molecule is CC1=CCN(C(c2cccc(C)c2)C(C)N)CC1. The topological polar surface area (TPSA) is 29.3 Å². The second-order valence-electron chi connectivity index (χ2n) is 5.51. The Morgan fingerprint density at radius 2 is 2.06 bits per heavy atom. The monoisotopic (exact) mass is 244 g/mol. The van der Waals surface area contributed by atoms with Gasteiger partial charge in [-0.3, -0.25) is 4.90 Å². The van der Waals surface area contributed by atoms with Crippen molar-refractivity contribution in [1.29, 1.82) is 0 Å². The molecule has 98 valence electrons. The predicted molar refractivity (Wildman–Crippen MR) is 77.5 cm³/mol. The highest BCUT2D eigenvalue weighted by Crippen LogP contribution is 2.27. The van der Waals surface area contributed by atoms with E-state index in [0.717, 1.165) is 19.5 Å². The van der Waals surface area contributed by atoms with Crippen molar-refractivity contribution in [3.8, 4) is 0 Å². The molecule has 1 aromatic carbocycles. The number of nitrogens with two attached hydrogens (primary N) is 1. The van der Waals surface area contributed by atoms with E-state index < -0.39 is 0 Å². The van der Waals surface area contributed by atoms with Gasteiger partial charge < -0.3 is 5.73 Å². The molecule has 0 fully saturated rings. The van der Waals surface area contributed by atoms with Gasteiger partial charge >= 0.3 is 0 Å². The molecule has 0 amide bonds. The molecule has 1 aromatic rings. The fourth-order valence-electron chi connectivity index (χ4n) is 2.74. The van der Waals surface area contributed by atoms with Crippen LogP contribution in [-0.4, -0.2) is 24.0 Å². The Morgan fingerprint density at radius 3 is 2.61 bits per heavy atom. The minimum Gasteiger partial charge on any atom is -0.326 e. The van der Waals surface area contributed by atoms with Gasteiger partial charge in [-0.1, -0.05) is 41.5 Å². The Bertz CT molecular complexity index is 434. The van der Waals surface area contributed by atoms with Crippen LogP contribution in [0, 0.1) is 6.92 Å². The maximum Gasteiger partial charge on any atom is 0.0499 e. The molecule has 2 atom stereocenters. The molecule has 1 aliphatic heterocycles. The van der Waals surface area contributed by atoms with Crippen LogP contribution in [0.1, 0.15) is 37.4 Å². The van der Waals surface area contributed by atoms with E-state index in [1.54, 1.807) is 0 Å². The van der Waals surface area contributed by atoms with Crippen LogP contribution in [0.5, 0.6) is 0 Å². The van der Waals surface area contributed by atoms with Crippen molar-refractivity contribution in [2.45, 2.75) is 39.3 Å². The van der Waals surface area contributed by atoms with Gasteiger partial charge in [-0.15, -0.1) is 0 Å². The van der Waals surface area contributed by atoms with Gasteiger partial charge in [0.05, 0.1) is 0 Å². The standard InChI is InChI=1S/C16H24N2/c1-12-7-9-18(10-8-12)16(14(3)17)15-6-4-5-13(2)11-15/h4-7,11,14,16H,8-10,17H2,1-3H3. The molecule has 2 nitrogen and oxygen atoms in total. The van der Waals surface area contributed by atoms with Crippen LogP contribution in [-0.2, 0) is 0 Å². The minimum absolute atomic E-state index is 0.151. The zero-order valence-corrected chi connectivity index (χ0v) is 11.7. The van der Waals surface area contributed by atoms with Crippen molar-refractivity contribution in [1.82, 2.24) is 4.90 Å². The zero-order chi connectivity index (χ0) is 13.1. The summed E-state index contributed by atoms with van der Waals surface area (Å²) < 4.78 is 0. The van der Waals surface area contributed by atoms with E-state index in [2.05, 4.69) is 56.0 Å². The van der Waals surface area contributed by atoms with E-state index in [1.807, 2.05) is 0 Å². The van der Waals surface area contributed by atoms with Crippen LogP contribution in [0.25, 0.3) is 0 Å².